The average molecular weight is 165 g/mol. The highest BCUT2D eigenvalue weighted by molar-refractivity contribution is 5.07. The van der Waals surface area contributed by atoms with Crippen molar-refractivity contribution in [2.24, 2.45) is 29.4 Å². The Morgan fingerprint density at radius 1 is 0.917 bits per heavy atom. The molecule has 0 heterocycles. The van der Waals surface area contributed by atoms with E-state index in [4.69, 9.17) is 5.73 Å². The summed E-state index contributed by atoms with van der Waals surface area (Å²) in [6.07, 6.45) is 8.78. The summed E-state index contributed by atoms with van der Waals surface area (Å²) in [5.74, 6) is 4.02. The molecule has 0 aromatic rings. The Hall–Kier alpha value is -0.0400. The molecular formula is C11H19N. The van der Waals surface area contributed by atoms with Crippen molar-refractivity contribution >= 4 is 0 Å². The second-order valence-corrected chi connectivity index (χ2v) is 5.10. The van der Waals surface area contributed by atoms with Gasteiger partial charge in [-0.15, -0.1) is 0 Å². The van der Waals surface area contributed by atoms with E-state index in [1.807, 2.05) is 0 Å². The first-order valence-electron chi connectivity index (χ1n) is 5.63. The molecule has 3 saturated carbocycles. The fourth-order valence-electron chi connectivity index (χ4n) is 3.59. The van der Waals surface area contributed by atoms with Gasteiger partial charge in [-0.05, 0) is 49.4 Å². The average Bonchev–Trinajstić information content (AvgIpc) is 2.42. The Bertz CT molecular complexity index is 173. The fourth-order valence-corrected chi connectivity index (χ4v) is 3.59. The van der Waals surface area contributed by atoms with Gasteiger partial charge in [0.25, 0.3) is 0 Å². The maximum absolute atomic E-state index is 6.27. The molecule has 0 spiro atoms. The maximum Gasteiger partial charge on any atom is 0.0101 e. The number of hydrogen-bond acceptors (Lipinski definition) is 1. The Labute approximate surface area is 74.7 Å². The Morgan fingerprint density at radius 3 is 2.00 bits per heavy atom. The summed E-state index contributed by atoms with van der Waals surface area (Å²) in [4.78, 5) is 0. The van der Waals surface area contributed by atoms with Crippen molar-refractivity contribution in [2.75, 3.05) is 0 Å². The van der Waals surface area contributed by atoms with Crippen LogP contribution in [0, 0.1) is 23.7 Å². The van der Waals surface area contributed by atoms with E-state index in [0.717, 1.165) is 23.7 Å². The number of fused-ring (bicyclic) bond motifs is 1. The van der Waals surface area contributed by atoms with Crippen LogP contribution >= 0.6 is 0 Å². The van der Waals surface area contributed by atoms with Crippen molar-refractivity contribution < 1.29 is 0 Å². The van der Waals surface area contributed by atoms with E-state index in [1.54, 1.807) is 0 Å². The summed E-state index contributed by atoms with van der Waals surface area (Å²) in [6.45, 7) is 0. The zero-order chi connectivity index (χ0) is 8.13. The van der Waals surface area contributed by atoms with E-state index < -0.39 is 0 Å². The van der Waals surface area contributed by atoms with E-state index in [2.05, 4.69) is 0 Å². The van der Waals surface area contributed by atoms with Gasteiger partial charge in [-0.25, -0.2) is 0 Å². The summed E-state index contributed by atoms with van der Waals surface area (Å²) in [5.41, 5.74) is 6.27. The third-order valence-electron chi connectivity index (χ3n) is 4.61. The van der Waals surface area contributed by atoms with Crippen LogP contribution in [0.1, 0.15) is 38.5 Å². The lowest BCUT2D eigenvalue weighted by Gasteiger charge is -2.32. The molecule has 3 atom stereocenters. The summed E-state index contributed by atoms with van der Waals surface area (Å²) in [7, 11) is 0. The van der Waals surface area contributed by atoms with Gasteiger partial charge < -0.3 is 5.73 Å². The molecule has 3 aliphatic rings. The summed E-state index contributed by atoms with van der Waals surface area (Å²) >= 11 is 0. The van der Waals surface area contributed by atoms with Gasteiger partial charge in [0.2, 0.25) is 0 Å². The van der Waals surface area contributed by atoms with E-state index >= 15 is 0 Å². The van der Waals surface area contributed by atoms with Crippen LogP contribution < -0.4 is 5.73 Å². The standard InChI is InChI=1S/C11H19N/c12-11(7-3-1-4-7)10-8-5-2-6-9(8)10/h7-11H,1-6,12H2. The molecule has 0 saturated heterocycles. The van der Waals surface area contributed by atoms with Gasteiger partial charge in [-0.3, -0.25) is 0 Å². The monoisotopic (exact) mass is 165 g/mol. The molecule has 1 heteroatoms. The molecular weight excluding hydrogens is 146 g/mol. The van der Waals surface area contributed by atoms with Gasteiger partial charge in [0, 0.05) is 6.04 Å². The van der Waals surface area contributed by atoms with Crippen molar-refractivity contribution in [1.29, 1.82) is 0 Å². The lowest BCUT2D eigenvalue weighted by Crippen LogP contribution is -2.37. The van der Waals surface area contributed by atoms with E-state index in [0.29, 0.717) is 6.04 Å². The third kappa shape index (κ3) is 0.891. The molecule has 0 amide bonds. The van der Waals surface area contributed by atoms with Crippen molar-refractivity contribution in [3.63, 3.8) is 0 Å². The van der Waals surface area contributed by atoms with Crippen molar-refractivity contribution in [2.45, 2.75) is 44.6 Å². The quantitative estimate of drug-likeness (QED) is 0.666. The van der Waals surface area contributed by atoms with Crippen LogP contribution in [0.2, 0.25) is 0 Å². The zero-order valence-electron chi connectivity index (χ0n) is 7.71. The maximum atomic E-state index is 6.27. The fraction of sp³-hybridized carbons (Fsp3) is 1.00. The SMILES string of the molecule is NC(C1CCC1)C1C2CCCC21. The number of nitrogens with two attached hydrogens (primary N) is 1. The third-order valence-corrected chi connectivity index (χ3v) is 4.61. The first kappa shape index (κ1) is 7.37. The van der Waals surface area contributed by atoms with Crippen LogP contribution in [0.4, 0.5) is 0 Å². The normalized spacial score (nSPS) is 48.2. The predicted octanol–water partition coefficient (Wildman–Crippen LogP) is 2.16. The van der Waals surface area contributed by atoms with Gasteiger partial charge in [0.15, 0.2) is 0 Å². The van der Waals surface area contributed by atoms with Gasteiger partial charge >= 0.3 is 0 Å². The van der Waals surface area contributed by atoms with E-state index in [9.17, 15) is 0 Å². The number of hydrogen-bond donors (Lipinski definition) is 1. The van der Waals surface area contributed by atoms with Crippen LogP contribution in [0.25, 0.3) is 0 Å². The van der Waals surface area contributed by atoms with Gasteiger partial charge in [-0.2, -0.15) is 0 Å². The van der Waals surface area contributed by atoms with Crippen LogP contribution in [-0.4, -0.2) is 6.04 Å². The second kappa shape index (κ2) is 2.47. The molecule has 2 N–H and O–H groups in total. The van der Waals surface area contributed by atoms with Crippen LogP contribution in [0.5, 0.6) is 0 Å². The van der Waals surface area contributed by atoms with Crippen LogP contribution in [-0.2, 0) is 0 Å². The minimum atomic E-state index is 0.592. The second-order valence-electron chi connectivity index (χ2n) is 5.10. The molecule has 0 radical (unpaired) electrons. The molecule has 3 fully saturated rings. The molecule has 3 aliphatic carbocycles. The van der Waals surface area contributed by atoms with Gasteiger partial charge in [0.1, 0.15) is 0 Å². The molecule has 12 heavy (non-hydrogen) atoms. The highest BCUT2D eigenvalue weighted by Gasteiger charge is 2.56. The highest BCUT2D eigenvalue weighted by atomic mass is 14.8. The smallest absolute Gasteiger partial charge is 0.0101 e. The van der Waals surface area contributed by atoms with Crippen molar-refractivity contribution in [1.82, 2.24) is 0 Å². The predicted molar refractivity (Wildman–Crippen MR) is 49.6 cm³/mol. The Balaban J connectivity index is 1.60. The Kier molecular flexibility index (Phi) is 1.52. The Morgan fingerprint density at radius 2 is 1.50 bits per heavy atom. The molecule has 0 aromatic heterocycles. The summed E-state index contributed by atoms with van der Waals surface area (Å²) in [6, 6.07) is 0.592. The van der Waals surface area contributed by atoms with Gasteiger partial charge in [0.05, 0.1) is 0 Å². The first-order chi connectivity index (χ1) is 5.88. The van der Waals surface area contributed by atoms with Crippen molar-refractivity contribution in [3.8, 4) is 0 Å². The van der Waals surface area contributed by atoms with Crippen molar-refractivity contribution in [3.05, 3.63) is 0 Å². The van der Waals surface area contributed by atoms with Crippen LogP contribution in [0.15, 0.2) is 0 Å². The minimum absolute atomic E-state index is 0.592. The molecule has 3 rings (SSSR count). The molecule has 0 aliphatic heterocycles. The van der Waals surface area contributed by atoms with Crippen LogP contribution in [0.3, 0.4) is 0 Å². The summed E-state index contributed by atoms with van der Waals surface area (Å²) in [5, 5.41) is 0. The topological polar surface area (TPSA) is 26.0 Å². The molecule has 68 valence electrons. The largest absolute Gasteiger partial charge is 0.327 e. The van der Waals surface area contributed by atoms with E-state index in [-0.39, 0.29) is 0 Å². The highest BCUT2D eigenvalue weighted by Crippen LogP contribution is 2.60. The first-order valence-corrected chi connectivity index (χ1v) is 5.63. The summed E-state index contributed by atoms with van der Waals surface area (Å²) < 4.78 is 0. The molecule has 3 unspecified atom stereocenters. The lowest BCUT2D eigenvalue weighted by atomic mass is 9.77. The molecule has 0 aromatic carbocycles. The minimum Gasteiger partial charge on any atom is -0.327 e. The molecule has 0 bridgehead atoms. The van der Waals surface area contributed by atoms with E-state index in [1.165, 1.54) is 38.5 Å². The van der Waals surface area contributed by atoms with Gasteiger partial charge in [-0.1, -0.05) is 12.8 Å². The number of rotatable bonds is 2. The lowest BCUT2D eigenvalue weighted by molar-refractivity contribution is 0.230. The zero-order valence-corrected chi connectivity index (χ0v) is 7.71. The molecule has 1 nitrogen and oxygen atoms in total.